The van der Waals surface area contributed by atoms with E-state index in [0.29, 0.717) is 5.41 Å². The molecule has 2 aliphatic carbocycles. The van der Waals surface area contributed by atoms with Crippen molar-refractivity contribution in [3.8, 4) is 0 Å². The summed E-state index contributed by atoms with van der Waals surface area (Å²) in [5, 5.41) is 3.71. The van der Waals surface area contributed by atoms with Crippen LogP contribution in [0.4, 0.5) is 0 Å². The molecule has 2 rings (SSSR count). The Hall–Kier alpha value is -0.0400. The second kappa shape index (κ2) is 7.29. The third-order valence-electron chi connectivity index (χ3n) is 6.00. The summed E-state index contributed by atoms with van der Waals surface area (Å²) in [4.78, 5) is 0. The van der Waals surface area contributed by atoms with Crippen molar-refractivity contribution < 1.29 is 0 Å². The van der Waals surface area contributed by atoms with Crippen LogP contribution < -0.4 is 5.32 Å². The molecule has 0 heterocycles. The minimum Gasteiger partial charge on any atom is -0.316 e. The molecule has 2 aliphatic rings. The van der Waals surface area contributed by atoms with Gasteiger partial charge in [0, 0.05) is 0 Å². The maximum Gasteiger partial charge on any atom is -0.00178 e. The molecule has 1 nitrogen and oxygen atoms in total. The predicted octanol–water partition coefficient (Wildman–Crippen LogP) is 5.25. The third kappa shape index (κ3) is 4.48. The van der Waals surface area contributed by atoms with E-state index in [1.54, 1.807) is 0 Å². The SMILES string of the molecule is CCCNCC1CCC(C)(C)CC1C1CCCC(C)C1. The van der Waals surface area contributed by atoms with Crippen LogP contribution in [-0.2, 0) is 0 Å². The topological polar surface area (TPSA) is 12.0 Å². The van der Waals surface area contributed by atoms with Gasteiger partial charge in [-0.15, -0.1) is 0 Å². The van der Waals surface area contributed by atoms with Crippen molar-refractivity contribution in [2.24, 2.45) is 29.1 Å². The molecule has 0 radical (unpaired) electrons. The Morgan fingerprint density at radius 1 is 1.15 bits per heavy atom. The van der Waals surface area contributed by atoms with Crippen LogP contribution in [0.15, 0.2) is 0 Å². The molecule has 0 aromatic carbocycles. The Bertz CT molecular complexity index is 283. The Balaban J connectivity index is 1.97. The standard InChI is InChI=1S/C19H37N/c1-5-11-20-14-17-9-10-19(3,4)13-18(17)16-8-6-7-15(2)12-16/h15-18,20H,5-14H2,1-4H3. The average Bonchev–Trinajstić information content (AvgIpc) is 2.40. The van der Waals surface area contributed by atoms with Crippen molar-refractivity contribution >= 4 is 0 Å². The monoisotopic (exact) mass is 279 g/mol. The molecule has 0 saturated heterocycles. The number of hydrogen-bond acceptors (Lipinski definition) is 1. The summed E-state index contributed by atoms with van der Waals surface area (Å²) in [7, 11) is 0. The van der Waals surface area contributed by atoms with Crippen molar-refractivity contribution in [3.05, 3.63) is 0 Å². The van der Waals surface area contributed by atoms with Gasteiger partial charge in [-0.25, -0.2) is 0 Å². The lowest BCUT2D eigenvalue weighted by Crippen LogP contribution is -2.40. The van der Waals surface area contributed by atoms with Crippen LogP contribution in [0.1, 0.15) is 79.1 Å². The van der Waals surface area contributed by atoms with E-state index in [0.717, 1.165) is 23.7 Å². The molecule has 1 heteroatoms. The largest absolute Gasteiger partial charge is 0.316 e. The average molecular weight is 280 g/mol. The molecule has 0 spiro atoms. The Kier molecular flexibility index (Phi) is 5.95. The highest BCUT2D eigenvalue weighted by atomic mass is 14.9. The lowest BCUT2D eigenvalue weighted by Gasteiger charge is -2.46. The summed E-state index contributed by atoms with van der Waals surface area (Å²) in [6, 6.07) is 0. The van der Waals surface area contributed by atoms with Crippen LogP contribution in [0.25, 0.3) is 0 Å². The van der Waals surface area contributed by atoms with Gasteiger partial charge in [0.05, 0.1) is 0 Å². The molecule has 0 aromatic rings. The van der Waals surface area contributed by atoms with Gasteiger partial charge in [0.2, 0.25) is 0 Å². The van der Waals surface area contributed by atoms with Gasteiger partial charge in [-0.3, -0.25) is 0 Å². The second-order valence-corrected chi connectivity index (χ2v) is 8.57. The van der Waals surface area contributed by atoms with Gasteiger partial charge in [-0.05, 0) is 74.3 Å². The van der Waals surface area contributed by atoms with E-state index >= 15 is 0 Å². The summed E-state index contributed by atoms with van der Waals surface area (Å²) in [6.07, 6.45) is 11.6. The molecule has 0 aliphatic heterocycles. The number of nitrogens with one attached hydrogen (secondary N) is 1. The summed E-state index contributed by atoms with van der Waals surface area (Å²) in [5.74, 6) is 3.94. The van der Waals surface area contributed by atoms with Crippen LogP contribution in [0.2, 0.25) is 0 Å². The van der Waals surface area contributed by atoms with E-state index in [1.165, 1.54) is 64.5 Å². The Morgan fingerprint density at radius 3 is 2.65 bits per heavy atom. The first-order chi connectivity index (χ1) is 9.52. The molecule has 0 aromatic heterocycles. The normalized spacial score (nSPS) is 37.8. The van der Waals surface area contributed by atoms with Crippen LogP contribution >= 0.6 is 0 Å². The molecule has 20 heavy (non-hydrogen) atoms. The smallest absolute Gasteiger partial charge is 0.00178 e. The molecule has 0 amide bonds. The summed E-state index contributed by atoms with van der Waals surface area (Å²) in [6.45, 7) is 12.2. The maximum absolute atomic E-state index is 3.71. The Labute approximate surface area is 127 Å². The van der Waals surface area contributed by atoms with E-state index in [9.17, 15) is 0 Å². The number of rotatable bonds is 5. The van der Waals surface area contributed by atoms with Crippen LogP contribution in [0.5, 0.6) is 0 Å². The van der Waals surface area contributed by atoms with E-state index in [1.807, 2.05) is 0 Å². The van der Waals surface area contributed by atoms with E-state index in [4.69, 9.17) is 0 Å². The predicted molar refractivity (Wildman–Crippen MR) is 88.9 cm³/mol. The first-order valence-electron chi connectivity index (χ1n) is 9.22. The molecular formula is C19H37N. The molecule has 2 saturated carbocycles. The molecule has 2 fully saturated rings. The fourth-order valence-corrected chi connectivity index (χ4v) is 4.84. The zero-order chi connectivity index (χ0) is 14.6. The zero-order valence-corrected chi connectivity index (χ0v) is 14.4. The summed E-state index contributed by atoms with van der Waals surface area (Å²) in [5.41, 5.74) is 0.590. The van der Waals surface area contributed by atoms with Gasteiger partial charge < -0.3 is 5.32 Å². The van der Waals surface area contributed by atoms with Crippen LogP contribution in [0.3, 0.4) is 0 Å². The second-order valence-electron chi connectivity index (χ2n) is 8.57. The van der Waals surface area contributed by atoms with E-state index in [-0.39, 0.29) is 0 Å². The van der Waals surface area contributed by atoms with Gasteiger partial charge in [-0.2, -0.15) is 0 Å². The van der Waals surface area contributed by atoms with E-state index in [2.05, 4.69) is 33.0 Å². The lowest BCUT2D eigenvalue weighted by atomic mass is 9.60. The minimum absolute atomic E-state index is 0.590. The minimum atomic E-state index is 0.590. The van der Waals surface area contributed by atoms with Gasteiger partial charge in [0.1, 0.15) is 0 Å². The molecule has 1 N–H and O–H groups in total. The molecular weight excluding hydrogens is 242 g/mol. The van der Waals surface area contributed by atoms with Crippen molar-refractivity contribution in [1.82, 2.24) is 5.32 Å². The zero-order valence-electron chi connectivity index (χ0n) is 14.4. The van der Waals surface area contributed by atoms with Gasteiger partial charge in [0.25, 0.3) is 0 Å². The number of hydrogen-bond donors (Lipinski definition) is 1. The van der Waals surface area contributed by atoms with Crippen molar-refractivity contribution in [2.45, 2.75) is 79.1 Å². The van der Waals surface area contributed by atoms with Crippen LogP contribution in [-0.4, -0.2) is 13.1 Å². The van der Waals surface area contributed by atoms with Crippen molar-refractivity contribution in [1.29, 1.82) is 0 Å². The quantitative estimate of drug-likeness (QED) is 0.677. The fraction of sp³-hybridized carbons (Fsp3) is 1.00. The first-order valence-corrected chi connectivity index (χ1v) is 9.22. The van der Waals surface area contributed by atoms with Crippen LogP contribution in [0, 0.1) is 29.1 Å². The van der Waals surface area contributed by atoms with Crippen molar-refractivity contribution in [2.75, 3.05) is 13.1 Å². The lowest BCUT2D eigenvalue weighted by molar-refractivity contribution is 0.0487. The highest BCUT2D eigenvalue weighted by Gasteiger charge is 2.39. The molecule has 0 bridgehead atoms. The summed E-state index contributed by atoms with van der Waals surface area (Å²) >= 11 is 0. The maximum atomic E-state index is 3.71. The highest BCUT2D eigenvalue weighted by molar-refractivity contribution is 4.90. The Morgan fingerprint density at radius 2 is 1.95 bits per heavy atom. The van der Waals surface area contributed by atoms with Gasteiger partial charge in [0.15, 0.2) is 0 Å². The van der Waals surface area contributed by atoms with Gasteiger partial charge >= 0.3 is 0 Å². The van der Waals surface area contributed by atoms with Gasteiger partial charge in [-0.1, -0.05) is 47.0 Å². The molecule has 4 unspecified atom stereocenters. The van der Waals surface area contributed by atoms with Crippen molar-refractivity contribution in [3.63, 3.8) is 0 Å². The highest BCUT2D eigenvalue weighted by Crippen LogP contribution is 2.48. The third-order valence-corrected chi connectivity index (χ3v) is 6.00. The first kappa shape index (κ1) is 16.3. The molecule has 4 atom stereocenters. The van der Waals surface area contributed by atoms with E-state index < -0.39 is 0 Å². The molecule has 118 valence electrons. The summed E-state index contributed by atoms with van der Waals surface area (Å²) < 4.78 is 0. The fourth-order valence-electron chi connectivity index (χ4n) is 4.84.